The number of benzene rings is 1. The summed E-state index contributed by atoms with van der Waals surface area (Å²) >= 11 is 0. The van der Waals surface area contributed by atoms with Crippen molar-refractivity contribution < 1.29 is 4.79 Å². The molecule has 0 radical (unpaired) electrons. The van der Waals surface area contributed by atoms with Crippen LogP contribution >= 0.6 is 0 Å². The molecular weight excluding hydrogens is 188 g/mol. The molecule has 0 spiro atoms. The maximum absolute atomic E-state index is 11.5. The first kappa shape index (κ1) is 10.2. The highest BCUT2D eigenvalue weighted by Crippen LogP contribution is 2.30. The minimum atomic E-state index is 0.0799. The molecule has 1 aromatic carbocycles. The summed E-state index contributed by atoms with van der Waals surface area (Å²) in [7, 11) is 1.81. The molecule has 0 fully saturated rings. The van der Waals surface area contributed by atoms with Crippen molar-refractivity contribution in [1.82, 2.24) is 0 Å². The Labute approximate surface area is 89.9 Å². The highest BCUT2D eigenvalue weighted by Gasteiger charge is 2.24. The van der Waals surface area contributed by atoms with Gasteiger partial charge in [0.1, 0.15) is 0 Å². The number of rotatable bonds is 2. The van der Waals surface area contributed by atoms with E-state index in [0.717, 1.165) is 23.2 Å². The topological polar surface area (TPSA) is 46.3 Å². The number of carbonyl (C=O) groups excluding carboxylic acids is 1. The first-order valence-corrected chi connectivity index (χ1v) is 5.28. The summed E-state index contributed by atoms with van der Waals surface area (Å²) in [5, 5.41) is 0. The molecule has 3 heteroatoms. The zero-order chi connectivity index (χ0) is 11.0. The Morgan fingerprint density at radius 3 is 2.93 bits per heavy atom. The molecule has 1 aliphatic heterocycles. The molecule has 0 aliphatic carbocycles. The minimum Gasteiger partial charge on any atom is -0.324 e. The number of amides is 1. The summed E-state index contributed by atoms with van der Waals surface area (Å²) in [5.41, 5.74) is 9.20. The maximum Gasteiger partial charge on any atom is 0.231 e. The number of carbonyl (C=O) groups is 1. The van der Waals surface area contributed by atoms with Crippen LogP contribution < -0.4 is 10.6 Å². The van der Waals surface area contributed by atoms with Crippen molar-refractivity contribution in [2.75, 3.05) is 11.9 Å². The van der Waals surface area contributed by atoms with E-state index in [2.05, 4.69) is 13.0 Å². The summed E-state index contributed by atoms with van der Waals surface area (Å²) in [5.74, 6) is 0.159. The van der Waals surface area contributed by atoms with Crippen LogP contribution in [0.15, 0.2) is 18.2 Å². The monoisotopic (exact) mass is 204 g/mol. The molecule has 1 heterocycles. The van der Waals surface area contributed by atoms with Gasteiger partial charge in [0.15, 0.2) is 0 Å². The Hall–Kier alpha value is -1.35. The normalized spacial score (nSPS) is 16.7. The van der Waals surface area contributed by atoms with E-state index in [9.17, 15) is 4.79 Å². The number of nitrogens with zero attached hydrogens (tertiary/aromatic N) is 1. The van der Waals surface area contributed by atoms with Crippen LogP contribution in [0, 0.1) is 0 Å². The van der Waals surface area contributed by atoms with Crippen LogP contribution in [-0.4, -0.2) is 13.0 Å². The van der Waals surface area contributed by atoms with Gasteiger partial charge in [0, 0.05) is 18.8 Å². The molecule has 2 N–H and O–H groups in total. The van der Waals surface area contributed by atoms with E-state index in [4.69, 9.17) is 5.73 Å². The van der Waals surface area contributed by atoms with E-state index in [0.29, 0.717) is 6.42 Å². The molecular formula is C12H16N2O. The van der Waals surface area contributed by atoms with Crippen molar-refractivity contribution in [2.24, 2.45) is 5.73 Å². The lowest BCUT2D eigenvalue weighted by Crippen LogP contribution is -2.20. The van der Waals surface area contributed by atoms with Crippen LogP contribution in [0.2, 0.25) is 0 Å². The zero-order valence-corrected chi connectivity index (χ0v) is 9.16. The molecule has 0 saturated heterocycles. The summed E-state index contributed by atoms with van der Waals surface area (Å²) in [6.07, 6.45) is 1.43. The average Bonchev–Trinajstić information content (AvgIpc) is 2.53. The van der Waals surface area contributed by atoms with Crippen LogP contribution in [0.4, 0.5) is 5.69 Å². The third-order valence-corrected chi connectivity index (χ3v) is 3.05. The standard InChI is InChI=1S/C12H16N2O/c1-3-10(13)8-4-5-11-9(6-8)7-12(15)14(11)2/h4-6,10H,3,7,13H2,1-2H3/t10-/m0/s1. The molecule has 0 unspecified atom stereocenters. The zero-order valence-electron chi connectivity index (χ0n) is 9.16. The second-order valence-corrected chi connectivity index (χ2v) is 4.03. The van der Waals surface area contributed by atoms with Crippen LogP contribution in [0.5, 0.6) is 0 Å². The highest BCUT2D eigenvalue weighted by atomic mass is 16.2. The van der Waals surface area contributed by atoms with Crippen molar-refractivity contribution in [3.8, 4) is 0 Å². The Morgan fingerprint density at radius 2 is 2.27 bits per heavy atom. The number of fused-ring (bicyclic) bond motifs is 1. The van der Waals surface area contributed by atoms with E-state index in [1.54, 1.807) is 4.90 Å². The number of hydrogen-bond donors (Lipinski definition) is 1. The number of nitrogens with two attached hydrogens (primary N) is 1. The van der Waals surface area contributed by atoms with Gasteiger partial charge in [-0.1, -0.05) is 19.1 Å². The number of hydrogen-bond acceptors (Lipinski definition) is 2. The van der Waals surface area contributed by atoms with Crippen molar-refractivity contribution in [3.63, 3.8) is 0 Å². The van der Waals surface area contributed by atoms with E-state index in [-0.39, 0.29) is 11.9 Å². The number of likely N-dealkylation sites (N-methyl/N-ethyl adjacent to an activating group) is 1. The van der Waals surface area contributed by atoms with Gasteiger partial charge in [-0.2, -0.15) is 0 Å². The van der Waals surface area contributed by atoms with Gasteiger partial charge in [-0.25, -0.2) is 0 Å². The van der Waals surface area contributed by atoms with Gasteiger partial charge >= 0.3 is 0 Å². The summed E-state index contributed by atoms with van der Waals surface area (Å²) in [6, 6.07) is 6.15. The second-order valence-electron chi connectivity index (χ2n) is 4.03. The van der Waals surface area contributed by atoms with Gasteiger partial charge in [0.2, 0.25) is 5.91 Å². The first-order valence-electron chi connectivity index (χ1n) is 5.28. The molecule has 1 aromatic rings. The third kappa shape index (κ3) is 1.63. The van der Waals surface area contributed by atoms with Gasteiger partial charge < -0.3 is 10.6 Å². The van der Waals surface area contributed by atoms with Gasteiger partial charge in [-0.15, -0.1) is 0 Å². The van der Waals surface area contributed by atoms with E-state index in [1.165, 1.54) is 0 Å². The Kier molecular flexibility index (Phi) is 2.49. The fourth-order valence-corrected chi connectivity index (χ4v) is 1.96. The van der Waals surface area contributed by atoms with Gasteiger partial charge in [-0.3, -0.25) is 4.79 Å². The molecule has 1 atom stereocenters. The van der Waals surface area contributed by atoms with Crippen molar-refractivity contribution >= 4 is 11.6 Å². The molecule has 1 aliphatic rings. The maximum atomic E-state index is 11.5. The average molecular weight is 204 g/mol. The van der Waals surface area contributed by atoms with Crippen molar-refractivity contribution in [2.45, 2.75) is 25.8 Å². The Balaban J connectivity index is 2.37. The largest absolute Gasteiger partial charge is 0.324 e. The van der Waals surface area contributed by atoms with Gasteiger partial charge in [0.25, 0.3) is 0 Å². The third-order valence-electron chi connectivity index (χ3n) is 3.05. The number of anilines is 1. The van der Waals surface area contributed by atoms with Crippen molar-refractivity contribution in [3.05, 3.63) is 29.3 Å². The fourth-order valence-electron chi connectivity index (χ4n) is 1.96. The van der Waals surface area contributed by atoms with Crippen molar-refractivity contribution in [1.29, 1.82) is 0 Å². The first-order chi connectivity index (χ1) is 7.13. The Bertz CT molecular complexity index is 401. The molecule has 3 nitrogen and oxygen atoms in total. The van der Waals surface area contributed by atoms with Gasteiger partial charge in [0.05, 0.1) is 6.42 Å². The van der Waals surface area contributed by atoms with E-state index in [1.807, 2.05) is 19.2 Å². The van der Waals surface area contributed by atoms with E-state index >= 15 is 0 Å². The SMILES string of the molecule is CC[C@H](N)c1ccc2c(c1)CC(=O)N2C. The molecule has 15 heavy (non-hydrogen) atoms. The fraction of sp³-hybridized carbons (Fsp3) is 0.417. The summed E-state index contributed by atoms with van der Waals surface area (Å²) in [4.78, 5) is 13.2. The lowest BCUT2D eigenvalue weighted by Gasteiger charge is -2.13. The van der Waals surface area contributed by atoms with E-state index < -0.39 is 0 Å². The smallest absolute Gasteiger partial charge is 0.231 e. The molecule has 2 rings (SSSR count). The summed E-state index contributed by atoms with van der Waals surface area (Å²) < 4.78 is 0. The predicted molar refractivity (Wildman–Crippen MR) is 60.8 cm³/mol. The van der Waals surface area contributed by atoms with Crippen LogP contribution in [0.25, 0.3) is 0 Å². The second kappa shape index (κ2) is 3.66. The molecule has 80 valence electrons. The molecule has 0 saturated carbocycles. The minimum absolute atomic E-state index is 0.0799. The highest BCUT2D eigenvalue weighted by molar-refractivity contribution is 6.00. The predicted octanol–water partition coefficient (Wildman–Crippen LogP) is 1.62. The van der Waals surface area contributed by atoms with Crippen LogP contribution in [0.3, 0.4) is 0 Å². The molecule has 1 amide bonds. The molecule has 0 bridgehead atoms. The lowest BCUT2D eigenvalue weighted by atomic mass is 10.0. The van der Waals surface area contributed by atoms with Crippen LogP contribution in [-0.2, 0) is 11.2 Å². The lowest BCUT2D eigenvalue weighted by molar-refractivity contribution is -0.117. The van der Waals surface area contributed by atoms with Crippen LogP contribution in [0.1, 0.15) is 30.5 Å². The quantitative estimate of drug-likeness (QED) is 0.795. The Morgan fingerprint density at radius 1 is 1.53 bits per heavy atom. The summed E-state index contributed by atoms with van der Waals surface area (Å²) in [6.45, 7) is 2.06. The molecule has 0 aromatic heterocycles. The van der Waals surface area contributed by atoms with Gasteiger partial charge in [-0.05, 0) is 23.6 Å².